The first-order valence-electron chi connectivity index (χ1n) is 14.4. The molecule has 6 rings (SSSR count). The van der Waals surface area contributed by atoms with E-state index in [-0.39, 0.29) is 54.5 Å². The normalized spacial score (nSPS) is 18.7. The lowest BCUT2D eigenvalue weighted by molar-refractivity contribution is -0.129. The largest absolute Gasteiger partial charge is 0.355 e. The van der Waals surface area contributed by atoms with Gasteiger partial charge in [0, 0.05) is 25.3 Å². The fourth-order valence-electron chi connectivity index (χ4n) is 6.02. The number of rotatable bonds is 4. The van der Waals surface area contributed by atoms with Gasteiger partial charge in [-0.1, -0.05) is 37.8 Å². The maximum Gasteiger partial charge on any atom is 0.355 e. The molecule has 6 heterocycles. The van der Waals surface area contributed by atoms with Crippen LogP contribution in [0.5, 0.6) is 0 Å². The summed E-state index contributed by atoms with van der Waals surface area (Å²) in [6.07, 6.45) is 8.84. The molecule has 2 aliphatic rings. The summed E-state index contributed by atoms with van der Waals surface area (Å²) in [5.74, 6) is -0.729. The van der Waals surface area contributed by atoms with E-state index in [1.54, 1.807) is 15.8 Å². The Morgan fingerprint density at radius 1 is 1.27 bits per heavy atom. The van der Waals surface area contributed by atoms with E-state index in [9.17, 15) is 14.9 Å². The third-order valence-corrected chi connectivity index (χ3v) is 8.15. The van der Waals surface area contributed by atoms with Crippen LogP contribution in [0.25, 0.3) is 28.1 Å². The van der Waals surface area contributed by atoms with Gasteiger partial charge in [-0.25, -0.2) is 23.4 Å². The number of pyridine rings is 2. The van der Waals surface area contributed by atoms with Crippen molar-refractivity contribution in [3.8, 4) is 23.1 Å². The summed E-state index contributed by atoms with van der Waals surface area (Å²) in [7, 11) is 0. The van der Waals surface area contributed by atoms with Gasteiger partial charge >= 0.3 is 5.69 Å². The maximum atomic E-state index is 16.1. The molecule has 12 nitrogen and oxygen atoms in total. The van der Waals surface area contributed by atoms with Gasteiger partial charge in [0.05, 0.1) is 48.0 Å². The molecule has 1 amide bonds. The highest BCUT2D eigenvalue weighted by Gasteiger charge is 2.36. The quantitative estimate of drug-likeness (QED) is 0.257. The van der Waals surface area contributed by atoms with Crippen LogP contribution in [-0.4, -0.2) is 70.5 Å². The molecular formula is C31H31FN10O2. The Morgan fingerprint density at radius 2 is 2.09 bits per heavy atom. The number of nitrogens with zero attached hydrogens (tertiary/aromatic N) is 10. The average Bonchev–Trinajstić information content (AvgIpc) is 3.47. The molecule has 224 valence electrons. The van der Waals surface area contributed by atoms with Gasteiger partial charge in [-0.05, 0) is 43.0 Å². The van der Waals surface area contributed by atoms with Crippen molar-refractivity contribution in [2.45, 2.75) is 58.2 Å². The zero-order chi connectivity index (χ0) is 31.1. The Kier molecular flexibility index (Phi) is 7.50. The Labute approximate surface area is 252 Å². The van der Waals surface area contributed by atoms with Crippen LogP contribution in [0, 0.1) is 17.1 Å². The van der Waals surface area contributed by atoms with Crippen LogP contribution in [0.3, 0.4) is 0 Å². The number of piperazine rings is 1. The van der Waals surface area contributed by atoms with E-state index in [1.165, 1.54) is 22.9 Å². The molecule has 4 aromatic heterocycles. The van der Waals surface area contributed by atoms with Gasteiger partial charge in [-0.3, -0.25) is 9.78 Å². The maximum absolute atomic E-state index is 16.1. The number of carbonyl (C=O) groups excluding carboxylic acids is 1. The number of hydrogen-bond donors (Lipinski definition) is 0. The van der Waals surface area contributed by atoms with Crippen molar-refractivity contribution in [1.29, 1.82) is 5.26 Å². The number of nitriles is 1. The van der Waals surface area contributed by atoms with Gasteiger partial charge in [-0.15, -0.1) is 5.10 Å². The van der Waals surface area contributed by atoms with Crippen LogP contribution < -0.4 is 10.6 Å². The molecule has 0 spiro atoms. The summed E-state index contributed by atoms with van der Waals surface area (Å²) in [4.78, 5) is 44.3. The second-order valence-electron chi connectivity index (χ2n) is 11.3. The molecule has 0 aromatic carbocycles. The fourth-order valence-corrected chi connectivity index (χ4v) is 6.02. The molecule has 0 radical (unpaired) electrons. The molecule has 0 N–H and O–H groups in total. The number of carbonyl (C=O) groups is 1. The second-order valence-corrected chi connectivity index (χ2v) is 11.3. The Hall–Kier alpha value is -5.25. The molecule has 0 aliphatic carbocycles. The molecule has 0 saturated carbocycles. The van der Waals surface area contributed by atoms with Gasteiger partial charge in [-0.2, -0.15) is 10.2 Å². The summed E-state index contributed by atoms with van der Waals surface area (Å²) in [5, 5.41) is 18.0. The molecule has 13 heteroatoms. The van der Waals surface area contributed by atoms with Crippen molar-refractivity contribution in [1.82, 2.24) is 39.4 Å². The van der Waals surface area contributed by atoms with E-state index in [4.69, 9.17) is 4.98 Å². The van der Waals surface area contributed by atoms with Gasteiger partial charge in [0.15, 0.2) is 11.5 Å². The van der Waals surface area contributed by atoms with E-state index < -0.39 is 17.5 Å². The molecule has 2 atom stereocenters. The Balaban J connectivity index is 1.66. The van der Waals surface area contributed by atoms with Crippen LogP contribution in [0.4, 0.5) is 10.2 Å². The van der Waals surface area contributed by atoms with Crippen molar-refractivity contribution >= 4 is 22.8 Å². The standard InChI is InChI=1S/C31H31FN10O2/c1-5-25(43)40-16-19(4)39(17-21(40)9-11-33)29-22-14-23(32)27-24-15-35-38-41(24)13-7-6-8-20-10-12-34-26(18(2)3)28(20)42(30(22)36-27)31(44)37-29/h5-7,10,12,14-15,18-19,21H,1,8-9,13,16-17H2,2-4H3/b7-6-. The molecule has 1 fully saturated rings. The SMILES string of the molecule is C=CC(=O)N1CC(C)N(c2nc(=O)n3c4nc(c(F)cc24)-c2cnnn2C/C=C\Cc2ccnc(C(C)C)c2-3)CC1CC#N. The predicted molar refractivity (Wildman–Crippen MR) is 162 cm³/mol. The molecular weight excluding hydrogens is 563 g/mol. The van der Waals surface area contributed by atoms with Crippen molar-refractivity contribution in [3.63, 3.8) is 0 Å². The number of amides is 1. The zero-order valence-electron chi connectivity index (χ0n) is 24.7. The minimum atomic E-state index is -0.632. The first kappa shape index (κ1) is 28.9. The lowest BCUT2D eigenvalue weighted by Crippen LogP contribution is -2.59. The van der Waals surface area contributed by atoms with Crippen molar-refractivity contribution < 1.29 is 9.18 Å². The first-order chi connectivity index (χ1) is 21.2. The topological polar surface area (TPSA) is 139 Å². The summed E-state index contributed by atoms with van der Waals surface area (Å²) in [6.45, 7) is 10.3. The third-order valence-electron chi connectivity index (χ3n) is 8.15. The summed E-state index contributed by atoms with van der Waals surface area (Å²) >= 11 is 0. The van der Waals surface area contributed by atoms with E-state index in [0.29, 0.717) is 35.4 Å². The number of halogens is 1. The average molecular weight is 595 g/mol. The highest BCUT2D eigenvalue weighted by atomic mass is 19.1. The first-order valence-corrected chi connectivity index (χ1v) is 14.4. The van der Waals surface area contributed by atoms with Gasteiger partial charge in [0.2, 0.25) is 5.91 Å². The molecule has 1 saturated heterocycles. The molecule has 2 unspecified atom stereocenters. The van der Waals surface area contributed by atoms with Crippen molar-refractivity contribution in [3.05, 3.63) is 76.9 Å². The van der Waals surface area contributed by atoms with Gasteiger partial charge in [0.25, 0.3) is 0 Å². The molecule has 2 bridgehead atoms. The summed E-state index contributed by atoms with van der Waals surface area (Å²) < 4.78 is 19.1. The van der Waals surface area contributed by atoms with Crippen molar-refractivity contribution in [2.24, 2.45) is 0 Å². The fraction of sp³-hybridized carbons (Fsp3) is 0.355. The molecule has 44 heavy (non-hydrogen) atoms. The third kappa shape index (κ3) is 4.82. The highest BCUT2D eigenvalue weighted by molar-refractivity contribution is 5.91. The van der Waals surface area contributed by atoms with Crippen LogP contribution in [0.15, 0.2) is 54.1 Å². The minimum absolute atomic E-state index is 0.00452. The number of hydrogen-bond acceptors (Lipinski definition) is 9. The van der Waals surface area contributed by atoms with E-state index >= 15 is 4.39 Å². The summed E-state index contributed by atoms with van der Waals surface area (Å²) in [6, 6.07) is 4.55. The zero-order valence-corrected chi connectivity index (χ0v) is 24.7. The Bertz CT molecular complexity index is 1920. The van der Waals surface area contributed by atoms with Crippen LogP contribution in [0.2, 0.25) is 0 Å². The number of anilines is 1. The monoisotopic (exact) mass is 594 g/mol. The lowest BCUT2D eigenvalue weighted by Gasteiger charge is -2.45. The molecule has 4 aromatic rings. The lowest BCUT2D eigenvalue weighted by atomic mass is 10.0. The minimum Gasteiger partial charge on any atom is -0.349 e. The number of fused-ring (bicyclic) bond motifs is 5. The predicted octanol–water partition coefficient (Wildman–Crippen LogP) is 3.31. The van der Waals surface area contributed by atoms with Crippen LogP contribution >= 0.6 is 0 Å². The van der Waals surface area contributed by atoms with E-state index in [1.807, 2.05) is 43.9 Å². The van der Waals surface area contributed by atoms with E-state index in [0.717, 1.165) is 5.56 Å². The van der Waals surface area contributed by atoms with Crippen LogP contribution in [0.1, 0.15) is 44.4 Å². The molecule has 2 aliphatic heterocycles. The smallest absolute Gasteiger partial charge is 0.349 e. The number of aromatic nitrogens is 7. The van der Waals surface area contributed by atoms with Gasteiger partial charge in [0.1, 0.15) is 17.2 Å². The van der Waals surface area contributed by atoms with Crippen LogP contribution in [-0.2, 0) is 17.8 Å². The summed E-state index contributed by atoms with van der Waals surface area (Å²) in [5.41, 5.74) is 2.05. The number of allylic oxidation sites excluding steroid dienone is 2. The highest BCUT2D eigenvalue weighted by Crippen LogP contribution is 2.34. The van der Waals surface area contributed by atoms with E-state index in [2.05, 4.69) is 32.9 Å². The Morgan fingerprint density at radius 3 is 2.84 bits per heavy atom. The van der Waals surface area contributed by atoms with Crippen molar-refractivity contribution in [2.75, 3.05) is 18.0 Å². The van der Waals surface area contributed by atoms with Gasteiger partial charge < -0.3 is 9.80 Å². The second kappa shape index (κ2) is 11.4.